The maximum atomic E-state index is 13.2. The summed E-state index contributed by atoms with van der Waals surface area (Å²) in [6.45, 7) is 2.16. The van der Waals surface area contributed by atoms with Crippen LogP contribution in [0.1, 0.15) is 18.1 Å². The number of aryl methyl sites for hydroxylation is 1. The summed E-state index contributed by atoms with van der Waals surface area (Å²) in [5.41, 5.74) is 4.61. The van der Waals surface area contributed by atoms with E-state index in [1.165, 1.54) is 35.9 Å². The molecule has 5 aromatic rings. The summed E-state index contributed by atoms with van der Waals surface area (Å²) in [6, 6.07) is 33.7. The van der Waals surface area contributed by atoms with Crippen LogP contribution in [0.3, 0.4) is 0 Å². The van der Waals surface area contributed by atoms with Crippen molar-refractivity contribution >= 4 is 30.8 Å². The molecule has 0 spiro atoms. The van der Waals surface area contributed by atoms with Crippen LogP contribution in [0, 0.1) is 0 Å². The predicted octanol–water partition coefficient (Wildman–Crippen LogP) is 6.34. The molecule has 8 heteroatoms. The zero-order valence-electron chi connectivity index (χ0n) is 22.1. The molecule has 0 saturated carbocycles. The quantitative estimate of drug-likeness (QED) is 0.231. The average molecular weight is 562 g/mol. The van der Waals surface area contributed by atoms with Crippen molar-refractivity contribution in [3.05, 3.63) is 120 Å². The molecule has 0 fully saturated rings. The minimum atomic E-state index is -4.09. The average Bonchev–Trinajstić information content (AvgIpc) is 3.30. The van der Waals surface area contributed by atoms with Gasteiger partial charge in [0.2, 0.25) is 0 Å². The summed E-state index contributed by atoms with van der Waals surface area (Å²) >= 11 is 0. The lowest BCUT2D eigenvalue weighted by molar-refractivity contribution is 0.183. The molecule has 0 aliphatic carbocycles. The van der Waals surface area contributed by atoms with Crippen LogP contribution in [0.4, 0.5) is 0 Å². The van der Waals surface area contributed by atoms with Crippen LogP contribution in [-0.4, -0.2) is 34.2 Å². The molecule has 4 aromatic carbocycles. The fourth-order valence-electron chi connectivity index (χ4n) is 4.41. The SMILES string of the molecule is CCc1ccc(-c2ccccc2)cc1.COCc1c(S(C)(=O)=O)n(S(=O)(=O)c2ccccc2)c2ccccc12. The van der Waals surface area contributed by atoms with Crippen LogP contribution >= 0.6 is 0 Å². The number of ether oxygens (including phenoxy) is 1. The number of aromatic nitrogens is 1. The maximum Gasteiger partial charge on any atom is 0.269 e. The smallest absolute Gasteiger partial charge is 0.269 e. The van der Waals surface area contributed by atoms with Crippen molar-refractivity contribution < 1.29 is 21.6 Å². The minimum Gasteiger partial charge on any atom is -0.380 e. The van der Waals surface area contributed by atoms with Gasteiger partial charge in [-0.05, 0) is 41.3 Å². The van der Waals surface area contributed by atoms with Crippen LogP contribution in [-0.2, 0) is 37.6 Å². The third-order valence-corrected chi connectivity index (χ3v) is 9.26. The molecule has 0 aliphatic heterocycles. The monoisotopic (exact) mass is 561 g/mol. The highest BCUT2D eigenvalue weighted by atomic mass is 32.2. The zero-order valence-corrected chi connectivity index (χ0v) is 23.7. The molecule has 5 rings (SSSR count). The summed E-state index contributed by atoms with van der Waals surface area (Å²) in [6.07, 6.45) is 2.10. The van der Waals surface area contributed by atoms with Crippen molar-refractivity contribution in [1.29, 1.82) is 0 Å². The Bertz CT molecular complexity index is 1760. The maximum absolute atomic E-state index is 13.2. The summed E-state index contributed by atoms with van der Waals surface area (Å²) in [5.74, 6) is 0. The topological polar surface area (TPSA) is 82.4 Å². The number of nitrogens with zero attached hydrogens (tertiary/aromatic N) is 1. The van der Waals surface area contributed by atoms with Crippen LogP contribution in [0.5, 0.6) is 0 Å². The Morgan fingerprint density at radius 3 is 1.79 bits per heavy atom. The van der Waals surface area contributed by atoms with Crippen molar-refractivity contribution in [2.75, 3.05) is 13.4 Å². The number of methoxy groups -OCH3 is 1. The lowest BCUT2D eigenvalue weighted by Crippen LogP contribution is -2.19. The van der Waals surface area contributed by atoms with Gasteiger partial charge in [0.25, 0.3) is 10.0 Å². The van der Waals surface area contributed by atoms with Gasteiger partial charge in [-0.2, -0.15) is 0 Å². The van der Waals surface area contributed by atoms with E-state index in [9.17, 15) is 16.8 Å². The van der Waals surface area contributed by atoms with Crippen molar-refractivity contribution in [3.63, 3.8) is 0 Å². The third kappa shape index (κ3) is 6.14. The number of fused-ring (bicyclic) bond motifs is 1. The molecule has 0 aliphatic rings. The number of hydrogen-bond donors (Lipinski definition) is 0. The van der Waals surface area contributed by atoms with E-state index in [1.807, 2.05) is 6.07 Å². The first-order valence-electron chi connectivity index (χ1n) is 12.4. The predicted molar refractivity (Wildman–Crippen MR) is 156 cm³/mol. The van der Waals surface area contributed by atoms with Gasteiger partial charge in [-0.1, -0.05) is 97.9 Å². The first-order valence-corrected chi connectivity index (χ1v) is 15.8. The van der Waals surface area contributed by atoms with Gasteiger partial charge in [0, 0.05) is 24.3 Å². The van der Waals surface area contributed by atoms with Gasteiger partial charge in [0.1, 0.15) is 0 Å². The van der Waals surface area contributed by atoms with E-state index >= 15 is 0 Å². The van der Waals surface area contributed by atoms with Crippen molar-refractivity contribution in [2.45, 2.75) is 29.9 Å². The molecule has 0 N–H and O–H groups in total. The van der Waals surface area contributed by atoms with Crippen LogP contribution in [0.15, 0.2) is 119 Å². The van der Waals surface area contributed by atoms with E-state index in [0.717, 1.165) is 16.6 Å². The molecule has 1 aromatic heterocycles. The third-order valence-electron chi connectivity index (χ3n) is 6.28. The van der Waals surface area contributed by atoms with E-state index in [2.05, 4.69) is 55.5 Å². The van der Waals surface area contributed by atoms with Crippen LogP contribution in [0.2, 0.25) is 0 Å². The van der Waals surface area contributed by atoms with Gasteiger partial charge in [-0.25, -0.2) is 20.8 Å². The van der Waals surface area contributed by atoms with Gasteiger partial charge >= 0.3 is 0 Å². The molecule has 6 nitrogen and oxygen atoms in total. The molecule has 0 atom stereocenters. The second kappa shape index (κ2) is 12.0. The Morgan fingerprint density at radius 2 is 1.23 bits per heavy atom. The molecule has 39 heavy (non-hydrogen) atoms. The van der Waals surface area contributed by atoms with E-state index in [4.69, 9.17) is 4.74 Å². The number of sulfone groups is 1. The second-order valence-corrected chi connectivity index (χ2v) is 12.7. The normalized spacial score (nSPS) is 11.7. The number of para-hydroxylation sites is 1. The number of hydrogen-bond acceptors (Lipinski definition) is 5. The van der Waals surface area contributed by atoms with Crippen LogP contribution < -0.4 is 0 Å². The van der Waals surface area contributed by atoms with E-state index < -0.39 is 19.9 Å². The number of benzene rings is 4. The molecule has 0 bridgehead atoms. The highest BCUT2D eigenvalue weighted by molar-refractivity contribution is 7.93. The van der Waals surface area contributed by atoms with Gasteiger partial charge in [-0.3, -0.25) is 0 Å². The Morgan fingerprint density at radius 1 is 0.692 bits per heavy atom. The van der Waals surface area contributed by atoms with Gasteiger partial charge in [-0.15, -0.1) is 0 Å². The molecule has 0 saturated heterocycles. The highest BCUT2D eigenvalue weighted by Crippen LogP contribution is 2.33. The largest absolute Gasteiger partial charge is 0.380 e. The Balaban J connectivity index is 0.000000212. The molecular weight excluding hydrogens is 530 g/mol. The van der Waals surface area contributed by atoms with Crippen molar-refractivity contribution in [2.24, 2.45) is 0 Å². The van der Waals surface area contributed by atoms with E-state index in [-0.39, 0.29) is 16.5 Å². The molecular formula is C31H31NO5S2. The molecule has 202 valence electrons. The van der Waals surface area contributed by atoms with E-state index in [0.29, 0.717) is 16.5 Å². The zero-order chi connectivity index (χ0) is 28.0. The van der Waals surface area contributed by atoms with Crippen LogP contribution in [0.25, 0.3) is 22.0 Å². The van der Waals surface area contributed by atoms with Crippen molar-refractivity contribution in [3.8, 4) is 11.1 Å². The Hall–Kier alpha value is -3.72. The first-order chi connectivity index (χ1) is 18.7. The molecule has 0 unspecified atom stereocenters. The molecule has 0 amide bonds. The summed E-state index contributed by atoms with van der Waals surface area (Å²) in [4.78, 5) is 0.0182. The Kier molecular flexibility index (Phi) is 8.70. The van der Waals surface area contributed by atoms with Gasteiger partial charge in [0.05, 0.1) is 17.0 Å². The lowest BCUT2D eigenvalue weighted by Gasteiger charge is -2.11. The minimum absolute atomic E-state index is 0.0137. The fourth-order valence-corrected chi connectivity index (χ4v) is 7.59. The Labute approximate surface area is 230 Å². The molecule has 1 heterocycles. The summed E-state index contributed by atoms with van der Waals surface area (Å²) < 4.78 is 57.3. The second-order valence-electron chi connectivity index (χ2n) is 9.01. The number of rotatable bonds is 7. The van der Waals surface area contributed by atoms with Crippen molar-refractivity contribution in [1.82, 2.24) is 3.97 Å². The first kappa shape index (κ1) is 28.3. The van der Waals surface area contributed by atoms with Gasteiger partial charge < -0.3 is 4.74 Å². The summed E-state index contributed by atoms with van der Waals surface area (Å²) in [7, 11) is -6.50. The van der Waals surface area contributed by atoms with E-state index in [1.54, 1.807) is 42.5 Å². The fraction of sp³-hybridized carbons (Fsp3) is 0.161. The highest BCUT2D eigenvalue weighted by Gasteiger charge is 2.31. The molecule has 0 radical (unpaired) electrons. The summed E-state index contributed by atoms with van der Waals surface area (Å²) in [5, 5.41) is 0.267. The lowest BCUT2D eigenvalue weighted by atomic mass is 10.0. The van der Waals surface area contributed by atoms with Gasteiger partial charge in [0.15, 0.2) is 14.9 Å². The standard InChI is InChI=1S/C17H17NO5S2.C14H14/c1-23-12-15-14-10-6-7-11-16(14)18(17(15)24(2,19)20)25(21,22)13-8-4-3-5-9-13;1-2-12-8-10-14(11-9-12)13-6-4-3-5-7-13/h3-11H,12H2,1-2H3;3-11H,2H2,1H3.